The molecule has 0 saturated carbocycles. The average molecular weight is 396 g/mol. The Kier molecular flexibility index (Phi) is 6.33. The van der Waals surface area contributed by atoms with Gasteiger partial charge in [0.2, 0.25) is 0 Å². The molecule has 2 heterocycles. The Hall–Kier alpha value is -2.42. The van der Waals surface area contributed by atoms with Crippen molar-refractivity contribution in [1.29, 1.82) is 0 Å². The van der Waals surface area contributed by atoms with Gasteiger partial charge in [-0.05, 0) is 42.9 Å². The van der Waals surface area contributed by atoms with Gasteiger partial charge in [0.25, 0.3) is 5.91 Å². The highest BCUT2D eigenvalue weighted by Crippen LogP contribution is 2.29. The molecule has 0 unspecified atom stereocenters. The molecule has 1 aliphatic heterocycles. The molecule has 1 aromatic carbocycles. The fourth-order valence-corrected chi connectivity index (χ4v) is 3.22. The van der Waals surface area contributed by atoms with E-state index >= 15 is 0 Å². The van der Waals surface area contributed by atoms with Crippen LogP contribution < -0.4 is 0 Å². The summed E-state index contributed by atoms with van der Waals surface area (Å²) < 4.78 is 45.2. The van der Waals surface area contributed by atoms with E-state index in [9.17, 15) is 18.0 Å². The smallest absolute Gasteiger partial charge is 0.381 e. The summed E-state index contributed by atoms with van der Waals surface area (Å²) in [4.78, 5) is 14.1. The minimum Gasteiger partial charge on any atom is -0.381 e. The summed E-state index contributed by atoms with van der Waals surface area (Å²) >= 11 is 0. The molecule has 152 valence electrons. The van der Waals surface area contributed by atoms with E-state index in [1.807, 2.05) is 0 Å². The second-order valence-electron chi connectivity index (χ2n) is 7.07. The Morgan fingerprint density at radius 3 is 2.79 bits per heavy atom. The summed E-state index contributed by atoms with van der Waals surface area (Å²) in [6, 6.07) is 5.03. The van der Waals surface area contributed by atoms with Crippen molar-refractivity contribution in [2.45, 2.75) is 32.0 Å². The van der Waals surface area contributed by atoms with Crippen molar-refractivity contribution in [2.75, 3.05) is 26.8 Å². The summed E-state index contributed by atoms with van der Waals surface area (Å²) in [7, 11) is 1.72. The molecule has 1 amide bonds. The first kappa shape index (κ1) is 20.3. The van der Waals surface area contributed by atoms with Crippen LogP contribution >= 0.6 is 0 Å². The molecule has 0 atom stereocenters. The van der Waals surface area contributed by atoms with Gasteiger partial charge in [0, 0.05) is 26.8 Å². The molecule has 0 spiro atoms. The van der Waals surface area contributed by atoms with Crippen molar-refractivity contribution in [3.8, 4) is 0 Å². The summed E-state index contributed by atoms with van der Waals surface area (Å²) in [6.07, 6.45) is -0.00536. The van der Waals surface area contributed by atoms with Crippen LogP contribution in [0.3, 0.4) is 0 Å². The summed E-state index contributed by atoms with van der Waals surface area (Å²) in [6.45, 7) is 2.26. The van der Waals surface area contributed by atoms with Crippen molar-refractivity contribution < 1.29 is 22.7 Å². The molecule has 0 N–H and O–H groups in total. The molecule has 1 aliphatic rings. The zero-order chi connectivity index (χ0) is 20.1. The van der Waals surface area contributed by atoms with E-state index in [2.05, 4.69) is 10.3 Å². The maximum absolute atomic E-state index is 12.8. The highest BCUT2D eigenvalue weighted by atomic mass is 19.4. The molecule has 28 heavy (non-hydrogen) atoms. The largest absolute Gasteiger partial charge is 0.416 e. The first-order chi connectivity index (χ1) is 13.3. The van der Waals surface area contributed by atoms with Crippen LogP contribution in [0, 0.1) is 5.92 Å². The second kappa shape index (κ2) is 8.72. The maximum Gasteiger partial charge on any atom is 0.416 e. The standard InChI is InChI=1S/C19H23F3N4O2/c1-25(8-5-14-6-9-28-10-7-14)18(27)17-13-26(24-23-17)12-15-3-2-4-16(11-15)19(20,21)22/h2-4,11,13-14H,5-10,12H2,1H3. The predicted molar refractivity (Wildman–Crippen MR) is 95.7 cm³/mol. The van der Waals surface area contributed by atoms with E-state index in [4.69, 9.17) is 4.74 Å². The lowest BCUT2D eigenvalue weighted by molar-refractivity contribution is -0.137. The maximum atomic E-state index is 12.8. The molecule has 0 radical (unpaired) electrons. The molecule has 1 fully saturated rings. The first-order valence-electron chi connectivity index (χ1n) is 9.22. The molecular weight excluding hydrogens is 373 g/mol. The van der Waals surface area contributed by atoms with Gasteiger partial charge in [0.05, 0.1) is 18.3 Å². The number of hydrogen-bond acceptors (Lipinski definition) is 4. The molecule has 1 aromatic heterocycles. The molecule has 0 bridgehead atoms. The quantitative estimate of drug-likeness (QED) is 0.752. The van der Waals surface area contributed by atoms with Gasteiger partial charge in [0.1, 0.15) is 0 Å². The van der Waals surface area contributed by atoms with Crippen LogP contribution in [0.4, 0.5) is 13.2 Å². The highest BCUT2D eigenvalue weighted by Gasteiger charge is 2.30. The van der Waals surface area contributed by atoms with E-state index in [-0.39, 0.29) is 18.1 Å². The molecule has 3 rings (SSSR count). The van der Waals surface area contributed by atoms with Crippen LogP contribution in [0.5, 0.6) is 0 Å². The molecule has 0 aliphatic carbocycles. The number of rotatable bonds is 6. The van der Waals surface area contributed by atoms with E-state index in [1.54, 1.807) is 18.0 Å². The summed E-state index contributed by atoms with van der Waals surface area (Å²) in [5, 5.41) is 7.76. The fourth-order valence-electron chi connectivity index (χ4n) is 3.22. The van der Waals surface area contributed by atoms with Crippen molar-refractivity contribution >= 4 is 5.91 Å². The van der Waals surface area contributed by atoms with E-state index in [0.29, 0.717) is 18.0 Å². The number of hydrogen-bond donors (Lipinski definition) is 0. The Morgan fingerprint density at radius 2 is 2.07 bits per heavy atom. The Bertz CT molecular complexity index is 800. The van der Waals surface area contributed by atoms with Crippen LogP contribution in [0.1, 0.15) is 40.9 Å². The van der Waals surface area contributed by atoms with Crippen molar-refractivity contribution in [2.24, 2.45) is 5.92 Å². The minimum absolute atomic E-state index is 0.107. The van der Waals surface area contributed by atoms with Crippen molar-refractivity contribution in [3.63, 3.8) is 0 Å². The molecule has 6 nitrogen and oxygen atoms in total. The normalized spacial score (nSPS) is 15.6. The van der Waals surface area contributed by atoms with Gasteiger partial charge in [-0.15, -0.1) is 5.10 Å². The Morgan fingerprint density at radius 1 is 1.32 bits per heavy atom. The topological polar surface area (TPSA) is 60.2 Å². The van der Waals surface area contributed by atoms with Crippen LogP contribution in [-0.4, -0.2) is 52.6 Å². The summed E-state index contributed by atoms with van der Waals surface area (Å²) in [5.41, 5.74) is -0.0951. The average Bonchev–Trinajstić information content (AvgIpc) is 3.14. The van der Waals surface area contributed by atoms with Gasteiger partial charge in [-0.2, -0.15) is 13.2 Å². The molecule has 2 aromatic rings. The Balaban J connectivity index is 1.57. The van der Waals surface area contributed by atoms with Gasteiger partial charge in [-0.3, -0.25) is 4.79 Å². The third-order valence-corrected chi connectivity index (χ3v) is 4.92. The van der Waals surface area contributed by atoms with E-state index < -0.39 is 11.7 Å². The number of alkyl halides is 3. The predicted octanol–water partition coefficient (Wildman–Crippen LogP) is 3.23. The van der Waals surface area contributed by atoms with Crippen LogP contribution in [0.2, 0.25) is 0 Å². The number of ether oxygens (including phenoxy) is 1. The SMILES string of the molecule is CN(CCC1CCOCC1)C(=O)c1cn(Cc2cccc(C(F)(F)F)c2)nn1. The number of carbonyl (C=O) groups is 1. The van der Waals surface area contributed by atoms with E-state index in [0.717, 1.165) is 44.6 Å². The van der Waals surface area contributed by atoms with Crippen molar-refractivity contribution in [3.05, 3.63) is 47.3 Å². The van der Waals surface area contributed by atoms with Crippen LogP contribution in [0.25, 0.3) is 0 Å². The van der Waals surface area contributed by atoms with Gasteiger partial charge in [-0.25, -0.2) is 4.68 Å². The van der Waals surface area contributed by atoms with Crippen LogP contribution in [-0.2, 0) is 17.5 Å². The van der Waals surface area contributed by atoms with Gasteiger partial charge >= 0.3 is 6.18 Å². The number of carbonyl (C=O) groups excluding carboxylic acids is 1. The summed E-state index contributed by atoms with van der Waals surface area (Å²) in [5.74, 6) is 0.308. The van der Waals surface area contributed by atoms with Gasteiger partial charge in [0.15, 0.2) is 5.69 Å². The number of nitrogens with zero attached hydrogens (tertiary/aromatic N) is 4. The minimum atomic E-state index is -4.40. The first-order valence-corrected chi connectivity index (χ1v) is 9.22. The lowest BCUT2D eigenvalue weighted by atomic mass is 9.96. The number of benzene rings is 1. The van der Waals surface area contributed by atoms with E-state index in [1.165, 1.54) is 16.9 Å². The fraction of sp³-hybridized carbons (Fsp3) is 0.526. The Labute approximate surface area is 161 Å². The lowest BCUT2D eigenvalue weighted by Crippen LogP contribution is -2.30. The number of halogens is 3. The third-order valence-electron chi connectivity index (χ3n) is 4.92. The lowest BCUT2D eigenvalue weighted by Gasteiger charge is -2.24. The molecular formula is C19H23F3N4O2. The monoisotopic (exact) mass is 396 g/mol. The second-order valence-corrected chi connectivity index (χ2v) is 7.07. The zero-order valence-electron chi connectivity index (χ0n) is 15.7. The van der Waals surface area contributed by atoms with Gasteiger partial charge in [-0.1, -0.05) is 17.3 Å². The number of aromatic nitrogens is 3. The third kappa shape index (κ3) is 5.31. The van der Waals surface area contributed by atoms with Crippen molar-refractivity contribution in [1.82, 2.24) is 19.9 Å². The highest BCUT2D eigenvalue weighted by molar-refractivity contribution is 5.91. The zero-order valence-corrected chi connectivity index (χ0v) is 15.7. The number of amides is 1. The van der Waals surface area contributed by atoms with Crippen LogP contribution in [0.15, 0.2) is 30.5 Å². The molecule has 9 heteroatoms. The van der Waals surface area contributed by atoms with Gasteiger partial charge < -0.3 is 9.64 Å². The molecule has 1 saturated heterocycles.